The van der Waals surface area contributed by atoms with E-state index in [4.69, 9.17) is 11.5 Å². The maximum atomic E-state index is 11.0. The number of hydrogen-bond donors (Lipinski definition) is 2. The number of hydrogen-bond acceptors (Lipinski definition) is 7. The molecule has 0 radical (unpaired) electrons. The van der Waals surface area contributed by atoms with E-state index in [-0.39, 0.29) is 16.4 Å². The lowest BCUT2D eigenvalue weighted by Crippen LogP contribution is -2.25. The van der Waals surface area contributed by atoms with Crippen molar-refractivity contribution in [3.05, 3.63) is 10.6 Å². The molecule has 4 N–H and O–H groups in total. The minimum absolute atomic E-state index is 0.000278. The summed E-state index contributed by atoms with van der Waals surface area (Å²) in [7, 11) is 0. The Morgan fingerprint density at radius 2 is 2.31 bits per heavy atom. The average molecular weight is 199 g/mol. The third-order valence-corrected chi connectivity index (χ3v) is 2.08. The van der Waals surface area contributed by atoms with Crippen LogP contribution in [0.1, 0.15) is 0 Å². The highest BCUT2D eigenvalue weighted by Crippen LogP contribution is 2.23. The summed E-state index contributed by atoms with van der Waals surface area (Å²) >= 11 is 1.21. The van der Waals surface area contributed by atoms with E-state index < -0.39 is 0 Å². The van der Waals surface area contributed by atoms with Gasteiger partial charge in [-0.15, -0.1) is 11.3 Å². The van der Waals surface area contributed by atoms with Crippen LogP contribution in [0.5, 0.6) is 0 Å². The Labute approximate surface area is 76.1 Å². The first-order chi connectivity index (χ1) is 6.18. The first kappa shape index (κ1) is 7.80. The molecule has 0 saturated carbocycles. The average Bonchev–Trinajstić information content (AvgIpc) is 2.60. The summed E-state index contributed by atoms with van der Waals surface area (Å²) in [6.45, 7) is 0. The Hall–Kier alpha value is -1.83. The molecule has 0 saturated heterocycles. The fourth-order valence-corrected chi connectivity index (χ4v) is 1.43. The molecular formula is C5H5N5O2S. The molecule has 0 aliphatic heterocycles. The van der Waals surface area contributed by atoms with Gasteiger partial charge in [0.2, 0.25) is 0 Å². The summed E-state index contributed by atoms with van der Waals surface area (Å²) in [5.74, 6) is 0.000278. The van der Waals surface area contributed by atoms with Crippen LogP contribution in [0.15, 0.2) is 10.0 Å². The van der Waals surface area contributed by atoms with Gasteiger partial charge in [0.25, 0.3) is 5.69 Å². The molecule has 0 spiro atoms. The van der Waals surface area contributed by atoms with Crippen LogP contribution in [0, 0.1) is 5.21 Å². The first-order valence-corrected chi connectivity index (χ1v) is 4.13. The smallest absolute Gasteiger partial charge is 0.314 e. The number of nitrogen functional groups attached to an aromatic ring is 2. The third kappa shape index (κ3) is 1.16. The molecule has 2 aromatic heterocycles. The van der Waals surface area contributed by atoms with Gasteiger partial charge in [-0.05, 0) is 4.90 Å². The number of anilines is 2. The molecule has 0 atom stereocenters. The predicted molar refractivity (Wildman–Crippen MR) is 45.4 cm³/mol. The maximum Gasteiger partial charge on any atom is 0.314 e. The lowest BCUT2D eigenvalue weighted by molar-refractivity contribution is -0.793. The molecule has 0 bridgehead atoms. The lowest BCUT2D eigenvalue weighted by atomic mass is 10.3. The van der Waals surface area contributed by atoms with Crippen molar-refractivity contribution in [3.8, 4) is 11.4 Å². The molecule has 2 aromatic rings. The summed E-state index contributed by atoms with van der Waals surface area (Å²) in [5.41, 5.74) is 11.2. The maximum absolute atomic E-state index is 11.0. The largest absolute Gasteiger partial charge is 0.375 e. The van der Waals surface area contributed by atoms with Crippen LogP contribution in [-0.4, -0.2) is 10.1 Å². The normalized spacial score (nSPS) is 10.5. The van der Waals surface area contributed by atoms with Crippen molar-refractivity contribution in [1.82, 2.24) is 10.1 Å². The van der Waals surface area contributed by atoms with Gasteiger partial charge in [0.15, 0.2) is 5.13 Å². The Kier molecular flexibility index (Phi) is 1.55. The van der Waals surface area contributed by atoms with Crippen LogP contribution < -0.4 is 16.4 Å². The third-order valence-electron chi connectivity index (χ3n) is 1.40. The zero-order valence-corrected chi connectivity index (χ0v) is 7.11. The van der Waals surface area contributed by atoms with E-state index in [1.54, 1.807) is 5.38 Å². The number of thiazole rings is 1. The highest BCUT2D eigenvalue weighted by Gasteiger charge is 2.20. The molecule has 7 nitrogen and oxygen atoms in total. The fraction of sp³-hybridized carbons (Fsp3) is 0. The highest BCUT2D eigenvalue weighted by molar-refractivity contribution is 7.13. The summed E-state index contributed by atoms with van der Waals surface area (Å²) < 4.78 is 4.27. The number of aromatic nitrogens is 3. The van der Waals surface area contributed by atoms with Crippen LogP contribution in [0.3, 0.4) is 0 Å². The molecule has 0 amide bonds. The van der Waals surface area contributed by atoms with E-state index in [1.165, 1.54) is 11.3 Å². The van der Waals surface area contributed by atoms with Crippen LogP contribution in [0.2, 0.25) is 0 Å². The van der Waals surface area contributed by atoms with Gasteiger partial charge in [-0.25, -0.2) is 4.98 Å². The molecule has 2 rings (SSSR count). The van der Waals surface area contributed by atoms with Crippen LogP contribution in [0.4, 0.5) is 10.9 Å². The molecular weight excluding hydrogens is 194 g/mol. The summed E-state index contributed by atoms with van der Waals surface area (Å²) in [6, 6.07) is 0. The minimum atomic E-state index is 0.000278. The molecule has 8 heteroatoms. The van der Waals surface area contributed by atoms with Crippen LogP contribution in [-0.2, 0) is 0 Å². The van der Waals surface area contributed by atoms with Crippen molar-refractivity contribution >= 4 is 22.3 Å². The standard InChI is InChI=1S/C5H5N5O2S/c6-4-3(10(11)12-9-4)2-1-13-5(7)8-2/h1H,(H2,6,9)(H2,7,8). The van der Waals surface area contributed by atoms with E-state index in [9.17, 15) is 5.21 Å². The van der Waals surface area contributed by atoms with Crippen molar-refractivity contribution in [1.29, 1.82) is 0 Å². The van der Waals surface area contributed by atoms with Gasteiger partial charge in [0.05, 0.1) is 5.16 Å². The van der Waals surface area contributed by atoms with E-state index in [1.807, 2.05) is 0 Å². The molecule has 0 aliphatic rings. The second-order valence-corrected chi connectivity index (χ2v) is 3.12. The van der Waals surface area contributed by atoms with Gasteiger partial charge >= 0.3 is 5.82 Å². The molecule has 0 unspecified atom stereocenters. The van der Waals surface area contributed by atoms with Gasteiger partial charge in [0.1, 0.15) is 5.69 Å². The van der Waals surface area contributed by atoms with Gasteiger partial charge in [-0.3, -0.25) is 4.63 Å². The van der Waals surface area contributed by atoms with E-state index in [0.717, 1.165) is 0 Å². The van der Waals surface area contributed by atoms with Crippen molar-refractivity contribution in [2.45, 2.75) is 0 Å². The molecule has 2 heterocycles. The SMILES string of the molecule is Nc1nc(-c2c(N)no[n+]2[O-])cs1. The monoisotopic (exact) mass is 199 g/mol. The minimum Gasteiger partial charge on any atom is -0.375 e. The van der Waals surface area contributed by atoms with Crippen LogP contribution >= 0.6 is 11.3 Å². The zero-order chi connectivity index (χ0) is 9.42. The summed E-state index contributed by atoms with van der Waals surface area (Å²) in [5, 5.41) is 16.2. The van der Waals surface area contributed by atoms with Gasteiger partial charge in [-0.2, -0.15) is 0 Å². The van der Waals surface area contributed by atoms with Gasteiger partial charge < -0.3 is 16.7 Å². The Balaban J connectivity index is 2.57. The van der Waals surface area contributed by atoms with E-state index in [0.29, 0.717) is 10.8 Å². The zero-order valence-electron chi connectivity index (χ0n) is 6.30. The second kappa shape index (κ2) is 2.59. The fourth-order valence-electron chi connectivity index (χ4n) is 0.880. The number of nitrogens with zero attached hydrogens (tertiary/aromatic N) is 3. The first-order valence-electron chi connectivity index (χ1n) is 3.25. The van der Waals surface area contributed by atoms with Crippen molar-refractivity contribution in [2.24, 2.45) is 0 Å². The quantitative estimate of drug-likeness (QED) is 0.603. The van der Waals surface area contributed by atoms with Crippen molar-refractivity contribution in [2.75, 3.05) is 11.5 Å². The lowest BCUT2D eigenvalue weighted by Gasteiger charge is -1.89. The molecule has 0 aliphatic carbocycles. The van der Waals surface area contributed by atoms with Crippen molar-refractivity contribution in [3.63, 3.8) is 0 Å². The Morgan fingerprint density at radius 1 is 1.54 bits per heavy atom. The predicted octanol–water partition coefficient (Wildman–Crippen LogP) is -0.404. The molecule has 68 valence electrons. The van der Waals surface area contributed by atoms with Gasteiger partial charge in [-0.1, -0.05) is 0 Å². The van der Waals surface area contributed by atoms with Crippen LogP contribution in [0.25, 0.3) is 11.4 Å². The molecule has 0 aromatic carbocycles. The molecule has 13 heavy (non-hydrogen) atoms. The second-order valence-electron chi connectivity index (χ2n) is 2.23. The summed E-state index contributed by atoms with van der Waals surface area (Å²) in [4.78, 5) is 4.07. The Bertz CT molecular complexity index is 416. The molecule has 0 fully saturated rings. The van der Waals surface area contributed by atoms with E-state index in [2.05, 4.69) is 14.8 Å². The highest BCUT2D eigenvalue weighted by atomic mass is 32.1. The topological polar surface area (TPSA) is 118 Å². The summed E-state index contributed by atoms with van der Waals surface area (Å²) in [6.07, 6.45) is 0. The number of rotatable bonds is 1. The van der Waals surface area contributed by atoms with E-state index >= 15 is 0 Å². The van der Waals surface area contributed by atoms with Crippen molar-refractivity contribution < 1.29 is 9.53 Å². The number of nitrogens with two attached hydrogens (primary N) is 2. The Morgan fingerprint density at radius 3 is 2.77 bits per heavy atom. The van der Waals surface area contributed by atoms with Gasteiger partial charge in [0, 0.05) is 5.38 Å².